The molecule has 1 heterocycles. The van der Waals surface area contributed by atoms with Crippen molar-refractivity contribution >= 4 is 12.4 Å². The van der Waals surface area contributed by atoms with Crippen molar-refractivity contribution in [3.8, 4) is 28.6 Å². The minimum absolute atomic E-state index is 0. The molecule has 0 saturated heterocycles. The summed E-state index contributed by atoms with van der Waals surface area (Å²) in [6.07, 6.45) is -4.81. The molecule has 0 aliphatic rings. The Morgan fingerprint density at radius 1 is 0.750 bits per heavy atom. The van der Waals surface area contributed by atoms with E-state index < -0.39 is 6.36 Å². The molecule has 4 aromatic rings. The Morgan fingerprint density at radius 2 is 1.36 bits per heavy atom. The minimum Gasteiger partial charge on any atom is -0.473 e. The fraction of sp³-hybridized carbons (Fsp3) is 0.148. The Hall–Kier alpha value is -3.75. The van der Waals surface area contributed by atoms with Crippen molar-refractivity contribution in [3.05, 3.63) is 108 Å². The molecule has 5 nitrogen and oxygen atoms in total. The molecule has 0 unspecified atom stereocenters. The van der Waals surface area contributed by atoms with Gasteiger partial charge >= 0.3 is 6.36 Å². The van der Waals surface area contributed by atoms with Crippen molar-refractivity contribution < 1.29 is 27.4 Å². The summed E-state index contributed by atoms with van der Waals surface area (Å²) in [7, 11) is 0. The maximum Gasteiger partial charge on any atom is 0.573 e. The van der Waals surface area contributed by atoms with Crippen molar-refractivity contribution in [1.82, 2.24) is 4.98 Å². The average molecular weight is 517 g/mol. The van der Waals surface area contributed by atoms with Crippen LogP contribution in [0.4, 0.5) is 13.2 Å². The molecule has 0 aliphatic heterocycles. The molecule has 0 fully saturated rings. The number of hydrogen-bond donors (Lipinski definition) is 1. The topological polar surface area (TPSA) is 66.6 Å². The number of rotatable bonds is 9. The van der Waals surface area contributed by atoms with Gasteiger partial charge in [-0.2, -0.15) is 4.98 Å². The molecule has 2 N–H and O–H groups in total. The van der Waals surface area contributed by atoms with Crippen molar-refractivity contribution in [2.45, 2.75) is 26.1 Å². The minimum atomic E-state index is -4.81. The average Bonchev–Trinajstić information content (AvgIpc) is 2.87. The molecule has 0 aliphatic carbocycles. The van der Waals surface area contributed by atoms with Crippen LogP contribution in [0.15, 0.2) is 91.0 Å². The quantitative estimate of drug-likeness (QED) is 0.268. The van der Waals surface area contributed by atoms with Gasteiger partial charge in [0.25, 0.3) is 0 Å². The van der Waals surface area contributed by atoms with E-state index in [4.69, 9.17) is 15.2 Å². The number of aromatic nitrogens is 1. The van der Waals surface area contributed by atoms with E-state index in [-0.39, 0.29) is 42.8 Å². The lowest BCUT2D eigenvalue weighted by Gasteiger charge is -2.16. The molecule has 0 spiro atoms. The summed E-state index contributed by atoms with van der Waals surface area (Å²) >= 11 is 0. The monoisotopic (exact) mass is 516 g/mol. The van der Waals surface area contributed by atoms with E-state index in [1.54, 1.807) is 12.1 Å². The highest BCUT2D eigenvalue weighted by molar-refractivity contribution is 5.85. The van der Waals surface area contributed by atoms with Crippen LogP contribution in [0.3, 0.4) is 0 Å². The summed E-state index contributed by atoms with van der Waals surface area (Å²) in [5.74, 6) is 0.301. The first-order valence-electron chi connectivity index (χ1n) is 10.8. The number of ether oxygens (including phenoxy) is 3. The normalized spacial score (nSPS) is 10.9. The van der Waals surface area contributed by atoms with Gasteiger partial charge in [-0.1, -0.05) is 66.7 Å². The van der Waals surface area contributed by atoms with Crippen LogP contribution in [-0.2, 0) is 19.8 Å². The first-order chi connectivity index (χ1) is 16.9. The summed E-state index contributed by atoms with van der Waals surface area (Å²) < 4.78 is 54.2. The SMILES string of the molecule is Cl.NCc1cc(-c2ccc(OCc3ccccc3)nc2OCc2ccccc2)ccc1OC(F)(F)F. The molecule has 0 saturated carbocycles. The lowest BCUT2D eigenvalue weighted by Crippen LogP contribution is -2.18. The van der Waals surface area contributed by atoms with Gasteiger partial charge in [0.2, 0.25) is 11.8 Å². The standard InChI is InChI=1S/C27H23F3N2O3.ClH/c28-27(29,30)35-24-13-11-21(15-22(24)16-31)23-12-14-25(33-17-19-7-3-1-4-8-19)32-26(23)34-18-20-9-5-2-6-10-20;/h1-15H,16-18,31H2;1H. The van der Waals surface area contributed by atoms with Crippen molar-refractivity contribution in [2.24, 2.45) is 5.73 Å². The Kier molecular flexibility index (Phi) is 9.16. The summed E-state index contributed by atoms with van der Waals surface area (Å²) in [4.78, 5) is 4.53. The Bertz CT molecular complexity index is 1260. The molecule has 0 bridgehead atoms. The van der Waals surface area contributed by atoms with Gasteiger partial charge in [0.15, 0.2) is 0 Å². The fourth-order valence-electron chi connectivity index (χ4n) is 3.42. The lowest BCUT2D eigenvalue weighted by atomic mass is 10.0. The molecular weight excluding hydrogens is 493 g/mol. The van der Waals surface area contributed by atoms with Crippen LogP contribution in [0.2, 0.25) is 0 Å². The smallest absolute Gasteiger partial charge is 0.473 e. The summed E-state index contributed by atoms with van der Waals surface area (Å²) in [6.45, 7) is 0.444. The van der Waals surface area contributed by atoms with Gasteiger partial charge in [-0.25, -0.2) is 0 Å². The van der Waals surface area contributed by atoms with Gasteiger partial charge in [-0.15, -0.1) is 25.6 Å². The first kappa shape index (κ1) is 26.8. The lowest BCUT2D eigenvalue weighted by molar-refractivity contribution is -0.274. The molecule has 36 heavy (non-hydrogen) atoms. The molecule has 9 heteroatoms. The second-order valence-corrected chi connectivity index (χ2v) is 7.63. The van der Waals surface area contributed by atoms with Gasteiger partial charge in [0, 0.05) is 23.7 Å². The van der Waals surface area contributed by atoms with Gasteiger partial charge < -0.3 is 19.9 Å². The van der Waals surface area contributed by atoms with Crippen LogP contribution in [0, 0.1) is 0 Å². The van der Waals surface area contributed by atoms with E-state index >= 15 is 0 Å². The molecule has 4 rings (SSSR count). The van der Waals surface area contributed by atoms with Gasteiger partial charge in [-0.3, -0.25) is 0 Å². The molecule has 0 atom stereocenters. The number of hydrogen-bond acceptors (Lipinski definition) is 5. The van der Waals surface area contributed by atoms with Crippen molar-refractivity contribution in [3.63, 3.8) is 0 Å². The highest BCUT2D eigenvalue weighted by Gasteiger charge is 2.32. The highest BCUT2D eigenvalue weighted by atomic mass is 35.5. The molecule has 1 aromatic heterocycles. The maximum atomic E-state index is 12.7. The Balaban J connectivity index is 0.00000361. The van der Waals surface area contributed by atoms with Gasteiger partial charge in [-0.05, 0) is 34.9 Å². The van der Waals surface area contributed by atoms with E-state index in [1.165, 1.54) is 18.2 Å². The van der Waals surface area contributed by atoms with Gasteiger partial charge in [0.1, 0.15) is 19.0 Å². The third-order valence-electron chi connectivity index (χ3n) is 5.10. The summed E-state index contributed by atoms with van der Waals surface area (Å²) in [6, 6.07) is 27.0. The van der Waals surface area contributed by atoms with Crippen LogP contribution in [0.25, 0.3) is 11.1 Å². The number of nitrogens with zero attached hydrogens (tertiary/aromatic N) is 1. The number of alkyl halides is 3. The zero-order chi connectivity index (χ0) is 24.7. The van der Waals surface area contributed by atoms with Crippen molar-refractivity contribution in [2.75, 3.05) is 0 Å². The van der Waals surface area contributed by atoms with Crippen molar-refractivity contribution in [1.29, 1.82) is 0 Å². The first-order valence-corrected chi connectivity index (χ1v) is 10.8. The molecule has 0 radical (unpaired) electrons. The number of halogens is 4. The molecule has 188 valence electrons. The van der Waals surface area contributed by atoms with E-state index in [1.807, 2.05) is 60.7 Å². The van der Waals surface area contributed by atoms with E-state index in [9.17, 15) is 13.2 Å². The number of benzene rings is 3. The van der Waals surface area contributed by atoms with E-state index in [2.05, 4.69) is 9.72 Å². The van der Waals surface area contributed by atoms with Crippen LogP contribution in [0.1, 0.15) is 16.7 Å². The van der Waals surface area contributed by atoms with Crippen LogP contribution < -0.4 is 19.9 Å². The maximum absolute atomic E-state index is 12.7. The highest BCUT2D eigenvalue weighted by Crippen LogP contribution is 2.35. The third kappa shape index (κ3) is 7.37. The number of pyridine rings is 1. The third-order valence-corrected chi connectivity index (χ3v) is 5.10. The largest absolute Gasteiger partial charge is 0.573 e. The fourth-order valence-corrected chi connectivity index (χ4v) is 3.42. The van der Waals surface area contributed by atoms with Crippen LogP contribution >= 0.6 is 12.4 Å². The second-order valence-electron chi connectivity index (χ2n) is 7.63. The predicted octanol–water partition coefficient (Wildman–Crippen LogP) is 6.69. The zero-order valence-electron chi connectivity index (χ0n) is 19.1. The van der Waals surface area contributed by atoms with E-state index in [0.29, 0.717) is 23.6 Å². The summed E-state index contributed by atoms with van der Waals surface area (Å²) in [5, 5.41) is 0. The van der Waals surface area contributed by atoms with Crippen LogP contribution in [0.5, 0.6) is 17.5 Å². The Morgan fingerprint density at radius 3 is 1.94 bits per heavy atom. The van der Waals surface area contributed by atoms with Crippen LogP contribution in [-0.4, -0.2) is 11.3 Å². The number of nitrogens with two attached hydrogens (primary N) is 1. The Labute approximate surface area is 213 Å². The van der Waals surface area contributed by atoms with E-state index in [0.717, 1.165) is 11.1 Å². The summed E-state index contributed by atoms with van der Waals surface area (Å²) in [5.41, 5.74) is 8.99. The molecule has 3 aromatic carbocycles. The predicted molar refractivity (Wildman–Crippen MR) is 133 cm³/mol. The zero-order valence-corrected chi connectivity index (χ0v) is 19.9. The molecule has 0 amide bonds. The second kappa shape index (κ2) is 12.3. The van der Waals surface area contributed by atoms with Gasteiger partial charge in [0.05, 0.1) is 0 Å². The molecular formula is C27H24ClF3N2O3.